The lowest BCUT2D eigenvalue weighted by Crippen LogP contribution is -2.20. The van der Waals surface area contributed by atoms with Gasteiger partial charge in [-0.3, -0.25) is 4.79 Å². The summed E-state index contributed by atoms with van der Waals surface area (Å²) >= 11 is 0. The molecule has 0 aromatic heterocycles. The zero-order valence-corrected chi connectivity index (χ0v) is 15.3. The molecule has 0 unspecified atom stereocenters. The van der Waals surface area contributed by atoms with E-state index in [0.29, 0.717) is 18.8 Å². The van der Waals surface area contributed by atoms with Crippen LogP contribution in [0.15, 0.2) is 60.3 Å². The van der Waals surface area contributed by atoms with E-state index in [9.17, 15) is 10.1 Å². The molecule has 0 fully saturated rings. The van der Waals surface area contributed by atoms with Crippen molar-refractivity contribution in [2.45, 2.75) is 20.8 Å². The van der Waals surface area contributed by atoms with Crippen LogP contribution in [0.1, 0.15) is 19.4 Å². The Hall–Kier alpha value is -3.26. The van der Waals surface area contributed by atoms with Crippen molar-refractivity contribution in [2.24, 2.45) is 0 Å². The summed E-state index contributed by atoms with van der Waals surface area (Å²) in [5, 5.41) is 12.2. The first-order chi connectivity index (χ1) is 12.6. The zero-order chi connectivity index (χ0) is 18.9. The molecule has 5 nitrogen and oxygen atoms in total. The van der Waals surface area contributed by atoms with Crippen LogP contribution in [0.25, 0.3) is 0 Å². The van der Waals surface area contributed by atoms with Gasteiger partial charge < -0.3 is 15.0 Å². The number of nitrogens with one attached hydrogen (secondary N) is 1. The minimum absolute atomic E-state index is 0.0437. The molecule has 0 radical (unpaired) electrons. The summed E-state index contributed by atoms with van der Waals surface area (Å²) < 4.78 is 5.38. The Morgan fingerprint density at radius 1 is 1.23 bits per heavy atom. The fourth-order valence-electron chi connectivity index (χ4n) is 2.45. The Morgan fingerprint density at radius 2 is 1.96 bits per heavy atom. The first-order valence-corrected chi connectivity index (χ1v) is 8.56. The van der Waals surface area contributed by atoms with Gasteiger partial charge in [0.05, 0.1) is 6.61 Å². The topological polar surface area (TPSA) is 65.4 Å². The Labute approximate surface area is 154 Å². The SMILES string of the molecule is CCOc1ccc(NC(=O)/C(C#N)=C\N(CC)c2cccc(C)c2)cc1. The molecule has 0 aliphatic carbocycles. The highest BCUT2D eigenvalue weighted by Gasteiger charge is 2.12. The largest absolute Gasteiger partial charge is 0.494 e. The highest BCUT2D eigenvalue weighted by atomic mass is 16.5. The van der Waals surface area contributed by atoms with Gasteiger partial charge in [-0.1, -0.05) is 12.1 Å². The second kappa shape index (κ2) is 9.28. The third-order valence-corrected chi connectivity index (χ3v) is 3.75. The van der Waals surface area contributed by atoms with E-state index in [1.165, 1.54) is 0 Å². The average Bonchev–Trinajstić information content (AvgIpc) is 2.64. The zero-order valence-electron chi connectivity index (χ0n) is 15.3. The second-order valence-electron chi connectivity index (χ2n) is 5.69. The number of benzene rings is 2. The lowest BCUT2D eigenvalue weighted by atomic mass is 10.2. The average molecular weight is 349 g/mol. The summed E-state index contributed by atoms with van der Waals surface area (Å²) in [6.45, 7) is 7.11. The molecule has 0 bridgehead atoms. The third kappa shape index (κ3) is 5.12. The number of aryl methyl sites for hydroxylation is 1. The molecule has 2 aromatic carbocycles. The maximum absolute atomic E-state index is 12.4. The van der Waals surface area contributed by atoms with Crippen LogP contribution in [0.5, 0.6) is 5.75 Å². The third-order valence-electron chi connectivity index (χ3n) is 3.75. The Kier molecular flexibility index (Phi) is 6.81. The van der Waals surface area contributed by atoms with Crippen molar-refractivity contribution < 1.29 is 9.53 Å². The number of nitrogens with zero attached hydrogens (tertiary/aromatic N) is 2. The summed E-state index contributed by atoms with van der Waals surface area (Å²) in [4.78, 5) is 14.3. The normalized spacial score (nSPS) is 10.8. The van der Waals surface area contributed by atoms with Gasteiger partial charge in [0.25, 0.3) is 5.91 Å². The van der Waals surface area contributed by atoms with Gasteiger partial charge in [0.15, 0.2) is 0 Å². The summed E-state index contributed by atoms with van der Waals surface area (Å²) in [7, 11) is 0. The summed E-state index contributed by atoms with van der Waals surface area (Å²) in [5.41, 5.74) is 2.71. The van der Waals surface area contributed by atoms with Crippen LogP contribution >= 0.6 is 0 Å². The van der Waals surface area contributed by atoms with E-state index in [1.807, 2.05) is 56.0 Å². The monoisotopic (exact) mass is 349 g/mol. The van der Waals surface area contributed by atoms with Crippen molar-refractivity contribution in [1.29, 1.82) is 5.26 Å². The van der Waals surface area contributed by atoms with Crippen LogP contribution in [-0.2, 0) is 4.79 Å². The fourth-order valence-corrected chi connectivity index (χ4v) is 2.45. The lowest BCUT2D eigenvalue weighted by molar-refractivity contribution is -0.112. The van der Waals surface area contributed by atoms with Gasteiger partial charge in [0, 0.05) is 24.1 Å². The van der Waals surface area contributed by atoms with Crippen LogP contribution in [0.2, 0.25) is 0 Å². The van der Waals surface area contributed by atoms with Gasteiger partial charge in [-0.25, -0.2) is 0 Å². The van der Waals surface area contributed by atoms with Crippen molar-refractivity contribution in [3.63, 3.8) is 0 Å². The van der Waals surface area contributed by atoms with Gasteiger partial charge in [-0.05, 0) is 62.7 Å². The number of anilines is 2. The number of nitriles is 1. The van der Waals surface area contributed by atoms with Crippen molar-refractivity contribution in [1.82, 2.24) is 0 Å². The van der Waals surface area contributed by atoms with Crippen LogP contribution in [0.4, 0.5) is 11.4 Å². The molecule has 0 aliphatic rings. The molecular formula is C21H23N3O2. The van der Waals surface area contributed by atoms with E-state index in [-0.39, 0.29) is 5.57 Å². The first kappa shape index (κ1) is 19.1. The molecule has 0 saturated heterocycles. The highest BCUT2D eigenvalue weighted by Crippen LogP contribution is 2.19. The van der Waals surface area contributed by atoms with Crippen LogP contribution in [0, 0.1) is 18.3 Å². The van der Waals surface area contributed by atoms with Crippen molar-refractivity contribution in [3.05, 3.63) is 65.9 Å². The molecule has 1 amide bonds. The number of carbonyl (C=O) groups excluding carboxylic acids is 1. The van der Waals surface area contributed by atoms with Gasteiger partial charge in [0.1, 0.15) is 17.4 Å². The molecule has 2 rings (SSSR count). The molecular weight excluding hydrogens is 326 g/mol. The Bertz CT molecular complexity index is 820. The number of carbonyl (C=O) groups is 1. The van der Waals surface area contributed by atoms with E-state index in [4.69, 9.17) is 4.74 Å². The standard InChI is InChI=1S/C21H23N3O2/c1-4-24(19-8-6-7-16(3)13-19)15-17(14-22)21(25)23-18-9-11-20(12-10-18)26-5-2/h6-13,15H,4-5H2,1-3H3,(H,23,25)/b17-15-. The summed E-state index contributed by atoms with van der Waals surface area (Å²) in [6, 6.07) is 17.0. The predicted molar refractivity (Wildman–Crippen MR) is 104 cm³/mol. The number of amides is 1. The van der Waals surface area contributed by atoms with Gasteiger partial charge >= 0.3 is 0 Å². The fraction of sp³-hybridized carbons (Fsp3) is 0.238. The summed E-state index contributed by atoms with van der Waals surface area (Å²) in [5.74, 6) is 0.293. The quantitative estimate of drug-likeness (QED) is 0.599. The first-order valence-electron chi connectivity index (χ1n) is 8.56. The molecule has 2 aromatic rings. The summed E-state index contributed by atoms with van der Waals surface area (Å²) in [6.07, 6.45) is 1.58. The Balaban J connectivity index is 2.16. The molecule has 26 heavy (non-hydrogen) atoms. The molecule has 0 saturated carbocycles. The van der Waals surface area contributed by atoms with Gasteiger partial charge in [0.2, 0.25) is 0 Å². The lowest BCUT2D eigenvalue weighted by Gasteiger charge is -2.19. The molecule has 1 N–H and O–H groups in total. The number of hydrogen-bond donors (Lipinski definition) is 1. The molecule has 134 valence electrons. The van der Waals surface area contributed by atoms with Crippen molar-refractivity contribution >= 4 is 17.3 Å². The van der Waals surface area contributed by atoms with Crippen LogP contribution < -0.4 is 15.0 Å². The number of ether oxygens (including phenoxy) is 1. The van der Waals surface area contributed by atoms with Crippen molar-refractivity contribution in [2.75, 3.05) is 23.4 Å². The number of rotatable bonds is 7. The van der Waals surface area contributed by atoms with E-state index >= 15 is 0 Å². The van der Waals surface area contributed by atoms with Gasteiger partial charge in [-0.15, -0.1) is 0 Å². The molecule has 0 aliphatic heterocycles. The minimum Gasteiger partial charge on any atom is -0.494 e. The Morgan fingerprint density at radius 3 is 2.54 bits per heavy atom. The van der Waals surface area contributed by atoms with E-state index in [0.717, 1.165) is 17.0 Å². The minimum atomic E-state index is -0.442. The maximum atomic E-state index is 12.4. The number of hydrogen-bond acceptors (Lipinski definition) is 4. The van der Waals surface area contributed by atoms with E-state index < -0.39 is 5.91 Å². The highest BCUT2D eigenvalue weighted by molar-refractivity contribution is 6.06. The van der Waals surface area contributed by atoms with Crippen LogP contribution in [-0.4, -0.2) is 19.1 Å². The molecule has 0 spiro atoms. The second-order valence-corrected chi connectivity index (χ2v) is 5.69. The van der Waals surface area contributed by atoms with Crippen LogP contribution in [0.3, 0.4) is 0 Å². The molecule has 5 heteroatoms. The van der Waals surface area contributed by atoms with E-state index in [2.05, 4.69) is 5.32 Å². The van der Waals surface area contributed by atoms with Gasteiger partial charge in [-0.2, -0.15) is 5.26 Å². The smallest absolute Gasteiger partial charge is 0.267 e. The molecule has 0 heterocycles. The van der Waals surface area contributed by atoms with Crippen molar-refractivity contribution in [3.8, 4) is 11.8 Å². The predicted octanol–water partition coefficient (Wildman–Crippen LogP) is 4.27. The van der Waals surface area contributed by atoms with E-state index in [1.54, 1.807) is 30.5 Å². The maximum Gasteiger partial charge on any atom is 0.267 e. The molecule has 0 atom stereocenters.